The lowest BCUT2D eigenvalue weighted by atomic mass is 9.95. The van der Waals surface area contributed by atoms with Gasteiger partial charge in [-0.1, -0.05) is 44.2 Å². The molecular formula is C28H37FO6S. The molecule has 36 heavy (non-hydrogen) atoms. The number of carboxylic acids is 1. The molecule has 2 N–H and O–H groups in total. The summed E-state index contributed by atoms with van der Waals surface area (Å²) in [7, 11) is 0. The van der Waals surface area contributed by atoms with Crippen LogP contribution in [0.5, 0.6) is 5.75 Å². The van der Waals surface area contributed by atoms with Crippen LogP contribution in [-0.2, 0) is 14.3 Å². The zero-order valence-corrected chi connectivity index (χ0v) is 22.3. The number of allylic oxidation sites excluding steroid dienone is 1. The van der Waals surface area contributed by atoms with E-state index < -0.39 is 11.8 Å². The summed E-state index contributed by atoms with van der Waals surface area (Å²) >= 11 is 1.65. The molecular weight excluding hydrogens is 483 g/mol. The third-order valence-corrected chi connectivity index (χ3v) is 5.55. The molecule has 0 saturated heterocycles. The number of thioether (sulfide) groups is 1. The molecule has 0 bridgehead atoms. The molecule has 0 saturated carbocycles. The molecule has 2 aromatic rings. The Kier molecular flexibility index (Phi) is 16.2. The van der Waals surface area contributed by atoms with E-state index in [0.29, 0.717) is 29.9 Å². The maximum atomic E-state index is 14.8. The number of carbonyl (C=O) groups is 1. The van der Waals surface area contributed by atoms with Crippen LogP contribution in [0.3, 0.4) is 0 Å². The van der Waals surface area contributed by atoms with Gasteiger partial charge in [0.1, 0.15) is 6.61 Å². The van der Waals surface area contributed by atoms with Gasteiger partial charge in [-0.25, -0.2) is 4.39 Å². The van der Waals surface area contributed by atoms with Gasteiger partial charge < -0.3 is 24.4 Å². The minimum atomic E-state index is -0.973. The van der Waals surface area contributed by atoms with Gasteiger partial charge in [-0.2, -0.15) is 0 Å². The molecule has 0 aromatic heterocycles. The van der Waals surface area contributed by atoms with Crippen molar-refractivity contribution < 1.29 is 33.6 Å². The fraction of sp³-hybridized carbons (Fsp3) is 0.393. The molecule has 0 radical (unpaired) electrons. The summed E-state index contributed by atoms with van der Waals surface area (Å²) in [5.74, 6) is -1.49. The summed E-state index contributed by atoms with van der Waals surface area (Å²) in [6.45, 7) is 7.00. The second kappa shape index (κ2) is 18.6. The zero-order chi connectivity index (χ0) is 26.8. The lowest BCUT2D eigenvalue weighted by Gasteiger charge is -2.14. The Morgan fingerprint density at radius 2 is 1.64 bits per heavy atom. The molecule has 198 valence electrons. The SMILES string of the molecule is C/C=C(\CC(=O)O)c1cc(OCCOCCOCCO)c(F)cc1/C=C\c1ccc(SC)cc1.CC. The molecule has 0 spiro atoms. The monoisotopic (exact) mass is 520 g/mol. The smallest absolute Gasteiger partial charge is 0.307 e. The van der Waals surface area contributed by atoms with Crippen molar-refractivity contribution in [3.05, 3.63) is 65.0 Å². The number of ether oxygens (including phenoxy) is 3. The van der Waals surface area contributed by atoms with Gasteiger partial charge in [-0.05, 0) is 59.7 Å². The predicted molar refractivity (Wildman–Crippen MR) is 145 cm³/mol. The van der Waals surface area contributed by atoms with Gasteiger partial charge >= 0.3 is 5.97 Å². The Bertz CT molecular complexity index is 973. The molecule has 0 aliphatic heterocycles. The van der Waals surface area contributed by atoms with E-state index in [4.69, 9.17) is 19.3 Å². The van der Waals surface area contributed by atoms with Crippen molar-refractivity contribution in [2.24, 2.45) is 0 Å². The molecule has 0 heterocycles. The van der Waals surface area contributed by atoms with Gasteiger partial charge in [0.05, 0.1) is 39.5 Å². The largest absolute Gasteiger partial charge is 0.488 e. The number of aliphatic carboxylic acids is 1. The first-order valence-corrected chi connectivity index (χ1v) is 13.1. The second-order valence-electron chi connectivity index (χ2n) is 7.16. The molecule has 0 atom stereocenters. The van der Waals surface area contributed by atoms with E-state index in [2.05, 4.69) is 0 Å². The molecule has 0 amide bonds. The fourth-order valence-corrected chi connectivity index (χ4v) is 3.52. The van der Waals surface area contributed by atoms with Crippen LogP contribution in [-0.4, -0.2) is 62.1 Å². The van der Waals surface area contributed by atoms with Gasteiger partial charge in [0.15, 0.2) is 11.6 Å². The van der Waals surface area contributed by atoms with E-state index >= 15 is 0 Å². The standard InChI is InChI=1S/C26H31FO6S.C2H6/c1-3-20(17-26(29)30)23-18-25(33-15-14-32-13-12-31-11-10-28)24(27)16-21(23)7-4-19-5-8-22(34-2)9-6-19;1-2/h3-9,16,18,28H,10-15,17H2,1-2H3,(H,29,30);1-2H3/b7-4-,20-3+;. The maximum Gasteiger partial charge on any atom is 0.307 e. The molecule has 2 aromatic carbocycles. The topological polar surface area (TPSA) is 85.2 Å². The van der Waals surface area contributed by atoms with Crippen molar-refractivity contribution >= 4 is 35.5 Å². The highest BCUT2D eigenvalue weighted by Gasteiger charge is 2.15. The number of aliphatic hydroxyl groups is 1. The van der Waals surface area contributed by atoms with E-state index in [1.807, 2.05) is 50.4 Å². The van der Waals surface area contributed by atoms with E-state index in [9.17, 15) is 14.3 Å². The second-order valence-corrected chi connectivity index (χ2v) is 8.04. The van der Waals surface area contributed by atoms with Crippen LogP contribution in [0.1, 0.15) is 43.9 Å². The van der Waals surface area contributed by atoms with Crippen molar-refractivity contribution in [1.82, 2.24) is 0 Å². The summed E-state index contributed by atoms with van der Waals surface area (Å²) in [4.78, 5) is 12.5. The predicted octanol–water partition coefficient (Wildman–Crippen LogP) is 6.03. The number of aliphatic hydroxyl groups excluding tert-OH is 1. The summed E-state index contributed by atoms with van der Waals surface area (Å²) in [5.41, 5.74) is 2.67. The van der Waals surface area contributed by atoms with Crippen LogP contribution in [0.4, 0.5) is 4.39 Å². The molecule has 2 rings (SSSR count). The number of rotatable bonds is 15. The van der Waals surface area contributed by atoms with E-state index in [0.717, 1.165) is 10.5 Å². The number of benzene rings is 2. The maximum absolute atomic E-state index is 14.8. The lowest BCUT2D eigenvalue weighted by molar-refractivity contribution is -0.135. The van der Waals surface area contributed by atoms with Gasteiger partial charge in [0.2, 0.25) is 0 Å². The normalized spacial score (nSPS) is 11.3. The van der Waals surface area contributed by atoms with Crippen molar-refractivity contribution in [1.29, 1.82) is 0 Å². The number of hydrogen-bond donors (Lipinski definition) is 2. The summed E-state index contributed by atoms with van der Waals surface area (Å²) in [5, 5.41) is 18.0. The van der Waals surface area contributed by atoms with Gasteiger partial charge in [0, 0.05) is 4.90 Å². The van der Waals surface area contributed by atoms with Crippen molar-refractivity contribution in [3.63, 3.8) is 0 Å². The summed E-state index contributed by atoms with van der Waals surface area (Å²) in [6, 6.07) is 10.8. The minimum absolute atomic E-state index is 0.0290. The Morgan fingerprint density at radius 3 is 2.22 bits per heavy atom. The quantitative estimate of drug-likeness (QED) is 0.169. The molecule has 8 heteroatoms. The first-order chi connectivity index (χ1) is 17.5. The highest BCUT2D eigenvalue weighted by atomic mass is 32.2. The fourth-order valence-electron chi connectivity index (χ4n) is 3.11. The van der Waals surface area contributed by atoms with E-state index in [-0.39, 0.29) is 38.6 Å². The first-order valence-electron chi connectivity index (χ1n) is 11.9. The van der Waals surface area contributed by atoms with Crippen LogP contribution in [0.2, 0.25) is 0 Å². The number of hydrogen-bond acceptors (Lipinski definition) is 6. The third kappa shape index (κ3) is 11.4. The molecule has 0 fully saturated rings. The van der Waals surface area contributed by atoms with Crippen LogP contribution in [0.15, 0.2) is 47.4 Å². The lowest BCUT2D eigenvalue weighted by Crippen LogP contribution is -2.12. The van der Waals surface area contributed by atoms with Crippen LogP contribution in [0.25, 0.3) is 17.7 Å². The van der Waals surface area contributed by atoms with Crippen LogP contribution in [0, 0.1) is 5.82 Å². The average Bonchev–Trinajstić information content (AvgIpc) is 2.89. The Balaban J connectivity index is 0.00000316. The summed E-state index contributed by atoms with van der Waals surface area (Å²) in [6.07, 6.45) is 7.16. The van der Waals surface area contributed by atoms with Gasteiger partial charge in [0.25, 0.3) is 0 Å². The van der Waals surface area contributed by atoms with Gasteiger partial charge in [-0.3, -0.25) is 4.79 Å². The Hall–Kier alpha value is -2.65. The Labute approximate surface area is 217 Å². The average molecular weight is 521 g/mol. The van der Waals surface area contributed by atoms with Crippen LogP contribution >= 0.6 is 11.8 Å². The Morgan fingerprint density at radius 1 is 1.00 bits per heavy atom. The molecule has 0 unspecified atom stereocenters. The molecule has 6 nitrogen and oxygen atoms in total. The van der Waals surface area contributed by atoms with Crippen molar-refractivity contribution in [2.45, 2.75) is 32.1 Å². The number of halogens is 1. The van der Waals surface area contributed by atoms with Crippen molar-refractivity contribution in [2.75, 3.05) is 45.9 Å². The van der Waals surface area contributed by atoms with Gasteiger partial charge in [-0.15, -0.1) is 11.8 Å². The number of carboxylic acid groups (broad SMARTS) is 1. The highest BCUT2D eigenvalue weighted by molar-refractivity contribution is 7.98. The first kappa shape index (κ1) is 31.4. The molecule has 0 aliphatic rings. The van der Waals surface area contributed by atoms with E-state index in [1.165, 1.54) is 12.1 Å². The summed E-state index contributed by atoms with van der Waals surface area (Å²) < 4.78 is 30.8. The van der Waals surface area contributed by atoms with E-state index in [1.54, 1.807) is 30.8 Å². The van der Waals surface area contributed by atoms with Crippen LogP contribution < -0.4 is 4.74 Å². The highest BCUT2D eigenvalue weighted by Crippen LogP contribution is 2.31. The molecule has 0 aliphatic carbocycles. The minimum Gasteiger partial charge on any atom is -0.488 e. The zero-order valence-electron chi connectivity index (χ0n) is 21.5. The third-order valence-electron chi connectivity index (χ3n) is 4.80. The van der Waals surface area contributed by atoms with Crippen molar-refractivity contribution in [3.8, 4) is 5.75 Å².